The molecule has 6 nitrogen and oxygen atoms in total. The molecule has 0 bridgehead atoms. The van der Waals surface area contributed by atoms with Gasteiger partial charge in [0, 0.05) is 30.9 Å². The summed E-state index contributed by atoms with van der Waals surface area (Å²) in [6.45, 7) is 3.48. The maximum absolute atomic E-state index is 14.5. The standard InChI is InChI=1S/C22H24FN3O3/c1-12-5-8-25-22-19(12)15(23)11-26(22)16-9-18(21(28)20(16)27)29-17-4-2-3-13-6-7-24-10-14(13)17/h2-5,8,11,16,18,20-21,24,27-28H,6-7,9-10H2,1H3/t16?,18?,20-,21+/m0/s1. The number of nitrogens with zero attached hydrogens (tertiary/aromatic N) is 2. The molecule has 7 heteroatoms. The van der Waals surface area contributed by atoms with Crippen LogP contribution >= 0.6 is 0 Å². The van der Waals surface area contributed by atoms with Gasteiger partial charge in [-0.2, -0.15) is 0 Å². The van der Waals surface area contributed by atoms with Crippen LogP contribution in [-0.2, 0) is 13.0 Å². The van der Waals surface area contributed by atoms with Gasteiger partial charge in [-0.15, -0.1) is 0 Å². The smallest absolute Gasteiger partial charge is 0.150 e. The maximum atomic E-state index is 14.5. The van der Waals surface area contributed by atoms with Crippen molar-refractivity contribution in [2.75, 3.05) is 6.54 Å². The Morgan fingerprint density at radius 1 is 1.24 bits per heavy atom. The summed E-state index contributed by atoms with van der Waals surface area (Å²) in [6.07, 6.45) is 1.55. The Morgan fingerprint density at radius 3 is 2.97 bits per heavy atom. The number of hydrogen-bond donors (Lipinski definition) is 3. The zero-order valence-corrected chi connectivity index (χ0v) is 16.2. The van der Waals surface area contributed by atoms with Crippen molar-refractivity contribution in [1.82, 2.24) is 14.9 Å². The minimum atomic E-state index is -1.07. The molecule has 1 fully saturated rings. The SMILES string of the molecule is Cc1ccnc2c1c(F)cn2C1CC(Oc2cccc3c2CNCC3)[C@@H](O)[C@H]1O. The van der Waals surface area contributed by atoms with Gasteiger partial charge in [-0.05, 0) is 43.1 Å². The first kappa shape index (κ1) is 18.5. The number of fused-ring (bicyclic) bond motifs is 2. The molecule has 2 aromatic heterocycles. The van der Waals surface area contributed by atoms with Crippen molar-refractivity contribution in [1.29, 1.82) is 0 Å². The van der Waals surface area contributed by atoms with Gasteiger partial charge >= 0.3 is 0 Å². The van der Waals surface area contributed by atoms with E-state index in [1.807, 2.05) is 19.1 Å². The second-order valence-corrected chi connectivity index (χ2v) is 7.97. The molecule has 3 aromatic rings. The van der Waals surface area contributed by atoms with Crippen LogP contribution in [0.4, 0.5) is 4.39 Å². The molecule has 1 aromatic carbocycles. The van der Waals surface area contributed by atoms with Gasteiger partial charge in [0.1, 0.15) is 29.7 Å². The number of aliphatic hydroxyl groups is 2. The molecule has 0 amide bonds. The van der Waals surface area contributed by atoms with Crippen LogP contribution in [-0.4, -0.2) is 44.6 Å². The average molecular weight is 397 g/mol. The zero-order valence-electron chi connectivity index (χ0n) is 16.2. The Morgan fingerprint density at radius 2 is 2.10 bits per heavy atom. The highest BCUT2D eigenvalue weighted by molar-refractivity contribution is 5.80. The minimum absolute atomic E-state index is 0.359. The molecule has 1 aliphatic heterocycles. The van der Waals surface area contributed by atoms with Crippen molar-refractivity contribution in [2.24, 2.45) is 0 Å². The second-order valence-electron chi connectivity index (χ2n) is 7.97. The summed E-state index contributed by atoms with van der Waals surface area (Å²) in [5.41, 5.74) is 3.60. The highest BCUT2D eigenvalue weighted by Gasteiger charge is 2.45. The first-order valence-corrected chi connectivity index (χ1v) is 10.0. The molecule has 0 radical (unpaired) electrons. The molecule has 5 rings (SSSR count). The lowest BCUT2D eigenvalue weighted by Gasteiger charge is -2.24. The third kappa shape index (κ3) is 3.01. The fourth-order valence-corrected chi connectivity index (χ4v) is 4.65. The topological polar surface area (TPSA) is 79.5 Å². The number of rotatable bonds is 3. The van der Waals surface area contributed by atoms with Gasteiger partial charge in [0.15, 0.2) is 5.82 Å². The first-order chi connectivity index (χ1) is 14.0. The minimum Gasteiger partial charge on any atom is -0.487 e. The summed E-state index contributed by atoms with van der Waals surface area (Å²) in [4.78, 5) is 4.31. The van der Waals surface area contributed by atoms with E-state index in [-0.39, 0.29) is 5.82 Å². The van der Waals surface area contributed by atoms with Crippen LogP contribution in [0.5, 0.6) is 5.75 Å². The number of halogens is 1. The Labute approximate surface area is 167 Å². The maximum Gasteiger partial charge on any atom is 0.150 e. The van der Waals surface area contributed by atoms with Gasteiger partial charge in [0.05, 0.1) is 11.4 Å². The van der Waals surface area contributed by atoms with E-state index in [0.717, 1.165) is 36.4 Å². The van der Waals surface area contributed by atoms with Gasteiger partial charge in [0.2, 0.25) is 0 Å². The van der Waals surface area contributed by atoms with Crippen LogP contribution in [0.1, 0.15) is 29.2 Å². The summed E-state index contributed by atoms with van der Waals surface area (Å²) in [7, 11) is 0. The van der Waals surface area contributed by atoms with Gasteiger partial charge in [0.25, 0.3) is 0 Å². The highest BCUT2D eigenvalue weighted by Crippen LogP contribution is 2.38. The Hall–Kier alpha value is -2.48. The van der Waals surface area contributed by atoms with Crippen LogP contribution in [0.15, 0.2) is 36.7 Å². The molecule has 0 spiro atoms. The molecule has 1 saturated carbocycles. The predicted molar refractivity (Wildman–Crippen MR) is 106 cm³/mol. The summed E-state index contributed by atoms with van der Waals surface area (Å²) in [6, 6.07) is 7.18. The van der Waals surface area contributed by atoms with Gasteiger partial charge in [-0.25, -0.2) is 9.37 Å². The van der Waals surface area contributed by atoms with E-state index >= 15 is 0 Å². The molecule has 2 unspecified atom stereocenters. The lowest BCUT2D eigenvalue weighted by Crippen LogP contribution is -2.34. The van der Waals surface area contributed by atoms with Gasteiger partial charge in [-0.3, -0.25) is 0 Å². The second kappa shape index (κ2) is 7.09. The van der Waals surface area contributed by atoms with Gasteiger partial charge in [-0.1, -0.05) is 12.1 Å². The normalized spacial score (nSPS) is 26.6. The van der Waals surface area contributed by atoms with Crippen LogP contribution in [0, 0.1) is 12.7 Å². The third-order valence-corrected chi connectivity index (χ3v) is 6.21. The molecule has 3 heterocycles. The summed E-state index contributed by atoms with van der Waals surface area (Å²) >= 11 is 0. The molecule has 152 valence electrons. The largest absolute Gasteiger partial charge is 0.487 e. The highest BCUT2D eigenvalue weighted by atomic mass is 19.1. The number of aromatic nitrogens is 2. The molecule has 0 saturated heterocycles. The first-order valence-electron chi connectivity index (χ1n) is 10.0. The quantitative estimate of drug-likeness (QED) is 0.632. The number of pyridine rings is 1. The van der Waals surface area contributed by atoms with Crippen molar-refractivity contribution in [2.45, 2.75) is 50.7 Å². The van der Waals surface area contributed by atoms with E-state index < -0.39 is 24.4 Å². The molecule has 1 aliphatic carbocycles. The number of nitrogens with one attached hydrogen (secondary N) is 1. The van der Waals surface area contributed by atoms with Crippen molar-refractivity contribution >= 4 is 11.0 Å². The summed E-state index contributed by atoms with van der Waals surface area (Å²) < 4.78 is 22.3. The Kier molecular flexibility index (Phi) is 4.53. The van der Waals surface area contributed by atoms with E-state index in [0.29, 0.717) is 17.5 Å². The monoisotopic (exact) mass is 397 g/mol. The lowest BCUT2D eigenvalue weighted by molar-refractivity contribution is -0.0166. The molecular weight excluding hydrogens is 373 g/mol. The molecular formula is C22H24FN3O3. The summed E-state index contributed by atoms with van der Waals surface area (Å²) in [5, 5.41) is 25.2. The van der Waals surface area contributed by atoms with Crippen molar-refractivity contribution in [3.05, 3.63) is 59.2 Å². The summed E-state index contributed by atoms with van der Waals surface area (Å²) in [5.74, 6) is 0.351. The number of benzene rings is 1. The number of aryl methyl sites for hydroxylation is 1. The van der Waals surface area contributed by atoms with Gasteiger partial charge < -0.3 is 24.8 Å². The average Bonchev–Trinajstić information content (AvgIpc) is 3.20. The van der Waals surface area contributed by atoms with E-state index in [9.17, 15) is 14.6 Å². The fraction of sp³-hybridized carbons (Fsp3) is 0.409. The van der Waals surface area contributed by atoms with Crippen LogP contribution < -0.4 is 10.1 Å². The molecule has 29 heavy (non-hydrogen) atoms. The molecule has 3 N–H and O–H groups in total. The Balaban J connectivity index is 1.46. The van der Waals surface area contributed by atoms with Crippen molar-refractivity contribution in [3.63, 3.8) is 0 Å². The van der Waals surface area contributed by atoms with Crippen LogP contribution in [0.2, 0.25) is 0 Å². The molecule has 2 aliphatic rings. The lowest BCUT2D eigenvalue weighted by atomic mass is 10.0. The fourth-order valence-electron chi connectivity index (χ4n) is 4.65. The number of aliphatic hydroxyl groups excluding tert-OH is 2. The third-order valence-electron chi connectivity index (χ3n) is 6.21. The Bertz CT molecular complexity index is 1070. The number of hydrogen-bond acceptors (Lipinski definition) is 5. The van der Waals surface area contributed by atoms with E-state index in [2.05, 4.69) is 16.4 Å². The van der Waals surface area contributed by atoms with E-state index in [1.165, 1.54) is 11.8 Å². The predicted octanol–water partition coefficient (Wildman–Crippen LogP) is 2.24. The molecule has 4 atom stereocenters. The van der Waals surface area contributed by atoms with E-state index in [4.69, 9.17) is 4.74 Å². The van der Waals surface area contributed by atoms with Crippen LogP contribution in [0.3, 0.4) is 0 Å². The van der Waals surface area contributed by atoms with E-state index in [1.54, 1.807) is 16.8 Å². The number of ether oxygens (including phenoxy) is 1. The van der Waals surface area contributed by atoms with Crippen LogP contribution in [0.25, 0.3) is 11.0 Å². The van der Waals surface area contributed by atoms with Crippen molar-refractivity contribution < 1.29 is 19.3 Å². The zero-order chi connectivity index (χ0) is 20.1. The van der Waals surface area contributed by atoms with Crippen molar-refractivity contribution in [3.8, 4) is 5.75 Å².